The first kappa shape index (κ1) is 10.7. The van der Waals surface area contributed by atoms with E-state index in [0.717, 1.165) is 12.8 Å². The minimum Gasteiger partial charge on any atom is -0.324 e. The Morgan fingerprint density at radius 3 is 2.64 bits per heavy atom. The van der Waals surface area contributed by atoms with Crippen LogP contribution in [0.25, 0.3) is 0 Å². The van der Waals surface area contributed by atoms with Gasteiger partial charge in [-0.25, -0.2) is 0 Å². The fourth-order valence-electron chi connectivity index (χ4n) is 1.56. The molecule has 0 aliphatic carbocycles. The molecular weight excluding hydrogens is 172 g/mol. The summed E-state index contributed by atoms with van der Waals surface area (Å²) in [5.74, 6) is 0. The van der Waals surface area contributed by atoms with Gasteiger partial charge in [-0.15, -0.1) is 0 Å². The maximum atomic E-state index is 8.76. The highest BCUT2D eigenvalue weighted by Gasteiger charge is 2.08. The summed E-state index contributed by atoms with van der Waals surface area (Å²) in [5, 5.41) is 8.76. The number of hydrogen-bond acceptors (Lipinski definition) is 2. The lowest BCUT2D eigenvalue weighted by atomic mass is 9.96. The molecule has 2 N–H and O–H groups in total. The van der Waals surface area contributed by atoms with E-state index in [1.54, 1.807) is 0 Å². The molecule has 0 aliphatic heterocycles. The van der Waals surface area contributed by atoms with E-state index < -0.39 is 0 Å². The van der Waals surface area contributed by atoms with Crippen molar-refractivity contribution in [2.24, 2.45) is 5.73 Å². The third-order valence-electron chi connectivity index (χ3n) is 2.49. The van der Waals surface area contributed by atoms with Gasteiger partial charge in [-0.05, 0) is 36.1 Å². The van der Waals surface area contributed by atoms with E-state index in [1.807, 2.05) is 18.2 Å². The van der Waals surface area contributed by atoms with Crippen molar-refractivity contribution in [1.82, 2.24) is 0 Å². The molecule has 2 heteroatoms. The lowest BCUT2D eigenvalue weighted by molar-refractivity contribution is 0.690. The van der Waals surface area contributed by atoms with E-state index in [-0.39, 0.29) is 6.04 Å². The largest absolute Gasteiger partial charge is 0.324 e. The number of benzene rings is 1. The van der Waals surface area contributed by atoms with Crippen molar-refractivity contribution >= 4 is 0 Å². The molecule has 0 radical (unpaired) electrons. The third kappa shape index (κ3) is 2.12. The summed E-state index contributed by atoms with van der Waals surface area (Å²) < 4.78 is 0. The average Bonchev–Trinajstić information content (AvgIpc) is 2.27. The van der Waals surface area contributed by atoms with Gasteiger partial charge in [-0.3, -0.25) is 0 Å². The van der Waals surface area contributed by atoms with Crippen molar-refractivity contribution in [3.05, 3.63) is 34.9 Å². The number of nitrogens with zero attached hydrogens (tertiary/aromatic N) is 1. The minimum atomic E-state index is 0.0951. The minimum absolute atomic E-state index is 0.0951. The molecule has 0 bridgehead atoms. The highest BCUT2D eigenvalue weighted by atomic mass is 14.6. The molecule has 0 fully saturated rings. The predicted molar refractivity (Wildman–Crippen MR) is 57.8 cm³/mol. The maximum absolute atomic E-state index is 8.76. The van der Waals surface area contributed by atoms with Crippen molar-refractivity contribution < 1.29 is 0 Å². The highest BCUT2D eigenvalue weighted by molar-refractivity contribution is 5.39. The molecule has 0 unspecified atom stereocenters. The van der Waals surface area contributed by atoms with Crippen LogP contribution in [0.15, 0.2) is 18.2 Å². The van der Waals surface area contributed by atoms with E-state index >= 15 is 0 Å². The lowest BCUT2D eigenvalue weighted by Crippen LogP contribution is -2.11. The Morgan fingerprint density at radius 2 is 2.14 bits per heavy atom. The van der Waals surface area contributed by atoms with Crippen LogP contribution in [-0.2, 0) is 6.42 Å². The van der Waals surface area contributed by atoms with Crippen LogP contribution in [0.1, 0.15) is 43.0 Å². The zero-order chi connectivity index (χ0) is 10.6. The summed E-state index contributed by atoms with van der Waals surface area (Å²) in [6.45, 7) is 4.16. The van der Waals surface area contributed by atoms with Gasteiger partial charge in [0.2, 0.25) is 0 Å². The molecular formula is C12H16N2. The standard InChI is InChI=1S/C12H16N2/c1-3-10-7-9(8-13)5-6-11(10)12(14)4-2/h5-7,12H,3-4,14H2,1-2H3/t12-/m0/s1. The molecule has 0 aliphatic rings. The topological polar surface area (TPSA) is 49.8 Å². The monoisotopic (exact) mass is 188 g/mol. The van der Waals surface area contributed by atoms with Gasteiger partial charge in [-0.1, -0.05) is 19.9 Å². The van der Waals surface area contributed by atoms with E-state index in [1.165, 1.54) is 11.1 Å². The van der Waals surface area contributed by atoms with Gasteiger partial charge in [0.1, 0.15) is 0 Å². The molecule has 0 amide bonds. The van der Waals surface area contributed by atoms with Crippen LogP contribution >= 0.6 is 0 Å². The Bertz CT molecular complexity index is 350. The predicted octanol–water partition coefficient (Wildman–Crippen LogP) is 2.53. The molecule has 0 heterocycles. The first-order valence-electron chi connectivity index (χ1n) is 5.01. The molecule has 1 atom stereocenters. The summed E-state index contributed by atoms with van der Waals surface area (Å²) >= 11 is 0. The number of hydrogen-bond donors (Lipinski definition) is 1. The number of nitriles is 1. The first-order chi connectivity index (χ1) is 6.72. The summed E-state index contributed by atoms with van der Waals surface area (Å²) in [6, 6.07) is 7.99. The Kier molecular flexibility index (Phi) is 3.67. The van der Waals surface area contributed by atoms with Crippen LogP contribution in [0, 0.1) is 11.3 Å². The molecule has 1 rings (SSSR count). The van der Waals surface area contributed by atoms with Crippen LogP contribution in [-0.4, -0.2) is 0 Å². The number of nitrogens with two attached hydrogens (primary N) is 1. The molecule has 0 aromatic heterocycles. The van der Waals surface area contributed by atoms with Crippen LogP contribution in [0.5, 0.6) is 0 Å². The molecule has 74 valence electrons. The van der Waals surface area contributed by atoms with Crippen molar-refractivity contribution in [3.8, 4) is 6.07 Å². The second-order valence-electron chi connectivity index (χ2n) is 3.39. The number of aryl methyl sites for hydroxylation is 1. The van der Waals surface area contributed by atoms with Gasteiger partial charge < -0.3 is 5.73 Å². The molecule has 1 aromatic carbocycles. The van der Waals surface area contributed by atoms with Gasteiger partial charge in [0.15, 0.2) is 0 Å². The van der Waals surface area contributed by atoms with Crippen molar-refractivity contribution in [2.45, 2.75) is 32.7 Å². The number of rotatable bonds is 3. The van der Waals surface area contributed by atoms with Crippen molar-refractivity contribution in [1.29, 1.82) is 5.26 Å². The summed E-state index contributed by atoms with van der Waals surface area (Å²) in [6.07, 6.45) is 1.86. The van der Waals surface area contributed by atoms with Gasteiger partial charge in [-0.2, -0.15) is 5.26 Å². The highest BCUT2D eigenvalue weighted by Crippen LogP contribution is 2.20. The quantitative estimate of drug-likeness (QED) is 0.792. The zero-order valence-electron chi connectivity index (χ0n) is 8.75. The summed E-state index contributed by atoms with van der Waals surface area (Å²) in [4.78, 5) is 0. The van der Waals surface area contributed by atoms with Crippen molar-refractivity contribution in [2.75, 3.05) is 0 Å². The van der Waals surface area contributed by atoms with Crippen molar-refractivity contribution in [3.63, 3.8) is 0 Å². The fourth-order valence-corrected chi connectivity index (χ4v) is 1.56. The normalized spacial score (nSPS) is 12.1. The SMILES string of the molecule is CCc1cc(C#N)ccc1[C@@H](N)CC. The molecule has 1 aromatic rings. The smallest absolute Gasteiger partial charge is 0.0991 e. The van der Waals surface area contributed by atoms with Crippen LogP contribution in [0.3, 0.4) is 0 Å². The van der Waals surface area contributed by atoms with E-state index in [0.29, 0.717) is 5.56 Å². The second-order valence-corrected chi connectivity index (χ2v) is 3.39. The Labute approximate surface area is 85.4 Å². The Hall–Kier alpha value is -1.33. The van der Waals surface area contributed by atoms with Gasteiger partial charge in [0.25, 0.3) is 0 Å². The first-order valence-corrected chi connectivity index (χ1v) is 5.01. The summed E-state index contributed by atoms with van der Waals surface area (Å²) in [5.41, 5.74) is 9.06. The third-order valence-corrected chi connectivity index (χ3v) is 2.49. The average molecular weight is 188 g/mol. The van der Waals surface area contributed by atoms with E-state index in [2.05, 4.69) is 19.9 Å². The van der Waals surface area contributed by atoms with Crippen LogP contribution < -0.4 is 5.73 Å². The molecule has 14 heavy (non-hydrogen) atoms. The Balaban J connectivity index is 3.13. The maximum Gasteiger partial charge on any atom is 0.0991 e. The lowest BCUT2D eigenvalue weighted by Gasteiger charge is -2.13. The van der Waals surface area contributed by atoms with Gasteiger partial charge in [0, 0.05) is 6.04 Å². The molecule has 2 nitrogen and oxygen atoms in total. The van der Waals surface area contributed by atoms with Crippen LogP contribution in [0.4, 0.5) is 0 Å². The second kappa shape index (κ2) is 4.78. The van der Waals surface area contributed by atoms with Gasteiger partial charge in [0.05, 0.1) is 11.6 Å². The molecule has 0 spiro atoms. The van der Waals surface area contributed by atoms with E-state index in [9.17, 15) is 0 Å². The van der Waals surface area contributed by atoms with Crippen LogP contribution in [0.2, 0.25) is 0 Å². The Morgan fingerprint density at radius 1 is 1.43 bits per heavy atom. The molecule has 0 saturated heterocycles. The zero-order valence-corrected chi connectivity index (χ0v) is 8.75. The fraction of sp³-hybridized carbons (Fsp3) is 0.417. The van der Waals surface area contributed by atoms with Gasteiger partial charge >= 0.3 is 0 Å². The summed E-state index contributed by atoms with van der Waals surface area (Å²) in [7, 11) is 0. The molecule has 0 saturated carbocycles. The van der Waals surface area contributed by atoms with E-state index in [4.69, 9.17) is 11.0 Å².